The van der Waals surface area contributed by atoms with Crippen LogP contribution in [0.3, 0.4) is 0 Å². The first-order valence-corrected chi connectivity index (χ1v) is 4.95. The largest absolute Gasteiger partial charge is 0.493 e. The molecule has 0 saturated carbocycles. The van der Waals surface area contributed by atoms with Gasteiger partial charge in [-0.15, -0.1) is 0 Å². The first-order chi connectivity index (χ1) is 7.47. The van der Waals surface area contributed by atoms with Crippen molar-refractivity contribution in [3.05, 3.63) is 29.1 Å². The van der Waals surface area contributed by atoms with Gasteiger partial charge in [-0.25, -0.2) is 4.39 Å². The summed E-state index contributed by atoms with van der Waals surface area (Å²) in [5.41, 5.74) is 0.0952. The van der Waals surface area contributed by atoms with Crippen LogP contribution >= 0.6 is 0 Å². The van der Waals surface area contributed by atoms with Crippen molar-refractivity contribution < 1.29 is 18.7 Å². The molecule has 0 aliphatic carbocycles. The van der Waals surface area contributed by atoms with Crippen molar-refractivity contribution in [2.75, 3.05) is 6.61 Å². The summed E-state index contributed by atoms with van der Waals surface area (Å²) >= 11 is 0. The fourth-order valence-electron chi connectivity index (χ4n) is 1.40. The van der Waals surface area contributed by atoms with Gasteiger partial charge in [0.1, 0.15) is 11.6 Å². The van der Waals surface area contributed by atoms with Crippen molar-refractivity contribution >= 4 is 11.6 Å². The summed E-state index contributed by atoms with van der Waals surface area (Å²) in [4.78, 5) is 22.4. The van der Waals surface area contributed by atoms with Gasteiger partial charge in [0.15, 0.2) is 11.6 Å². The molecule has 0 atom stereocenters. The third-order valence-electron chi connectivity index (χ3n) is 2.11. The molecule has 0 N–H and O–H groups in total. The Morgan fingerprint density at radius 1 is 1.25 bits per heavy atom. The molecule has 0 spiro atoms. The van der Waals surface area contributed by atoms with E-state index >= 15 is 0 Å². The molecule has 1 aromatic rings. The van der Waals surface area contributed by atoms with Gasteiger partial charge in [0.2, 0.25) is 0 Å². The summed E-state index contributed by atoms with van der Waals surface area (Å²) in [5.74, 6) is -1.28. The quantitative estimate of drug-likeness (QED) is 0.738. The summed E-state index contributed by atoms with van der Waals surface area (Å²) in [6.45, 7) is 4.62. The van der Waals surface area contributed by atoms with Crippen LogP contribution in [0.1, 0.15) is 41.5 Å². The second-order valence-electron chi connectivity index (χ2n) is 3.38. The molecule has 0 saturated heterocycles. The molecule has 0 fully saturated rings. The molecule has 1 rings (SSSR count). The number of hydrogen-bond acceptors (Lipinski definition) is 3. The molecule has 1 aromatic carbocycles. The molecule has 3 nitrogen and oxygen atoms in total. The standard InChI is InChI=1S/C12H13FO3/c1-4-16-11-6-9(7(2)14)5-10(13)12(11)8(3)15/h5-6H,4H2,1-3H3. The molecule has 0 heterocycles. The van der Waals surface area contributed by atoms with Gasteiger partial charge in [-0.1, -0.05) is 0 Å². The number of carbonyl (C=O) groups excluding carboxylic acids is 2. The van der Waals surface area contributed by atoms with Gasteiger partial charge in [-0.2, -0.15) is 0 Å². The number of rotatable bonds is 4. The highest BCUT2D eigenvalue weighted by Gasteiger charge is 2.17. The molecule has 0 radical (unpaired) electrons. The average molecular weight is 224 g/mol. The molecule has 0 amide bonds. The molecule has 0 bridgehead atoms. The van der Waals surface area contributed by atoms with Crippen molar-refractivity contribution in [1.29, 1.82) is 0 Å². The average Bonchev–Trinajstić information content (AvgIpc) is 2.16. The maximum atomic E-state index is 13.6. The fourth-order valence-corrected chi connectivity index (χ4v) is 1.40. The molecule has 0 unspecified atom stereocenters. The van der Waals surface area contributed by atoms with Crippen LogP contribution in [0.4, 0.5) is 4.39 Å². The first-order valence-electron chi connectivity index (χ1n) is 4.95. The molecular formula is C12H13FO3. The smallest absolute Gasteiger partial charge is 0.166 e. The van der Waals surface area contributed by atoms with Crippen molar-refractivity contribution in [3.8, 4) is 5.75 Å². The molecule has 0 aromatic heterocycles. The second kappa shape index (κ2) is 4.88. The van der Waals surface area contributed by atoms with E-state index in [4.69, 9.17) is 4.74 Å². The topological polar surface area (TPSA) is 43.4 Å². The molecule has 0 aliphatic rings. The van der Waals surface area contributed by atoms with Crippen LogP contribution in [-0.2, 0) is 0 Å². The highest BCUT2D eigenvalue weighted by Crippen LogP contribution is 2.25. The summed E-state index contributed by atoms with van der Waals surface area (Å²) in [6.07, 6.45) is 0. The minimum absolute atomic E-state index is 0.105. The van der Waals surface area contributed by atoms with E-state index in [0.717, 1.165) is 6.07 Å². The molecule has 16 heavy (non-hydrogen) atoms. The highest BCUT2D eigenvalue weighted by atomic mass is 19.1. The number of Topliss-reactive ketones (excluding diaryl/α,β-unsaturated/α-hetero) is 2. The number of ketones is 2. The Hall–Kier alpha value is -1.71. The minimum Gasteiger partial charge on any atom is -0.493 e. The van der Waals surface area contributed by atoms with E-state index in [2.05, 4.69) is 0 Å². The maximum absolute atomic E-state index is 13.6. The van der Waals surface area contributed by atoms with E-state index < -0.39 is 11.6 Å². The second-order valence-corrected chi connectivity index (χ2v) is 3.38. The van der Waals surface area contributed by atoms with Gasteiger partial charge in [0.05, 0.1) is 12.2 Å². The zero-order chi connectivity index (χ0) is 12.3. The zero-order valence-electron chi connectivity index (χ0n) is 9.46. The monoisotopic (exact) mass is 224 g/mol. The Balaban J connectivity index is 3.38. The maximum Gasteiger partial charge on any atom is 0.166 e. The van der Waals surface area contributed by atoms with Crippen molar-refractivity contribution in [3.63, 3.8) is 0 Å². The van der Waals surface area contributed by atoms with E-state index in [0.29, 0.717) is 6.61 Å². The van der Waals surface area contributed by atoms with Gasteiger partial charge in [0.25, 0.3) is 0 Å². The lowest BCUT2D eigenvalue weighted by Crippen LogP contribution is -2.06. The number of hydrogen-bond donors (Lipinski definition) is 0. The number of ether oxygens (including phenoxy) is 1. The Morgan fingerprint density at radius 2 is 1.88 bits per heavy atom. The normalized spacial score (nSPS) is 10.0. The van der Waals surface area contributed by atoms with Crippen molar-refractivity contribution in [2.45, 2.75) is 20.8 Å². The SMILES string of the molecule is CCOc1cc(C(C)=O)cc(F)c1C(C)=O. The van der Waals surface area contributed by atoms with E-state index in [1.165, 1.54) is 19.9 Å². The van der Waals surface area contributed by atoms with Crippen LogP contribution in [0.5, 0.6) is 5.75 Å². The lowest BCUT2D eigenvalue weighted by atomic mass is 10.0. The van der Waals surface area contributed by atoms with Crippen LogP contribution in [0.15, 0.2) is 12.1 Å². The Morgan fingerprint density at radius 3 is 2.31 bits per heavy atom. The van der Waals surface area contributed by atoms with E-state index in [9.17, 15) is 14.0 Å². The number of benzene rings is 1. The van der Waals surface area contributed by atoms with Crippen LogP contribution in [-0.4, -0.2) is 18.2 Å². The highest BCUT2D eigenvalue weighted by molar-refractivity contribution is 6.00. The minimum atomic E-state index is -0.719. The molecule has 86 valence electrons. The predicted molar refractivity (Wildman–Crippen MR) is 57.6 cm³/mol. The third-order valence-corrected chi connectivity index (χ3v) is 2.11. The molecular weight excluding hydrogens is 211 g/mol. The summed E-state index contributed by atoms with van der Waals surface area (Å²) < 4.78 is 18.7. The van der Waals surface area contributed by atoms with E-state index in [1.54, 1.807) is 6.92 Å². The Labute approximate surface area is 93.2 Å². The van der Waals surface area contributed by atoms with Crippen molar-refractivity contribution in [2.24, 2.45) is 0 Å². The first kappa shape index (κ1) is 12.4. The van der Waals surface area contributed by atoms with Gasteiger partial charge in [-0.3, -0.25) is 9.59 Å². The number of halogens is 1. The third kappa shape index (κ3) is 2.45. The van der Waals surface area contributed by atoms with Crippen molar-refractivity contribution in [1.82, 2.24) is 0 Å². The zero-order valence-corrected chi connectivity index (χ0v) is 9.46. The van der Waals surface area contributed by atoms with Crippen LogP contribution in [0.25, 0.3) is 0 Å². The Bertz CT molecular complexity index is 438. The van der Waals surface area contributed by atoms with Gasteiger partial charge >= 0.3 is 0 Å². The van der Waals surface area contributed by atoms with Crippen LogP contribution < -0.4 is 4.74 Å². The van der Waals surface area contributed by atoms with Gasteiger partial charge in [0, 0.05) is 5.56 Å². The number of carbonyl (C=O) groups is 2. The summed E-state index contributed by atoms with van der Waals surface area (Å²) in [5, 5.41) is 0. The predicted octanol–water partition coefficient (Wildman–Crippen LogP) is 2.63. The van der Waals surface area contributed by atoms with E-state index in [1.807, 2.05) is 0 Å². The van der Waals surface area contributed by atoms with Crippen LogP contribution in [0.2, 0.25) is 0 Å². The lowest BCUT2D eigenvalue weighted by molar-refractivity contribution is 0.0994. The van der Waals surface area contributed by atoms with Gasteiger partial charge < -0.3 is 4.74 Å². The molecule has 4 heteroatoms. The fraction of sp³-hybridized carbons (Fsp3) is 0.333. The Kier molecular flexibility index (Phi) is 3.77. The van der Waals surface area contributed by atoms with Gasteiger partial charge in [-0.05, 0) is 32.9 Å². The lowest BCUT2D eigenvalue weighted by Gasteiger charge is -2.10. The molecule has 0 aliphatic heterocycles. The van der Waals surface area contributed by atoms with E-state index in [-0.39, 0.29) is 22.7 Å². The summed E-state index contributed by atoms with van der Waals surface area (Å²) in [6, 6.07) is 2.45. The summed E-state index contributed by atoms with van der Waals surface area (Å²) in [7, 11) is 0. The van der Waals surface area contributed by atoms with Crippen LogP contribution in [0, 0.1) is 5.82 Å².